The molecular weight excluding hydrogens is 235 g/mol. The molecule has 0 aromatic rings. The number of nitrogens with one attached hydrogen (secondary N) is 1. The molecule has 0 amide bonds. The van der Waals surface area contributed by atoms with Crippen molar-refractivity contribution in [2.75, 3.05) is 26.2 Å². The van der Waals surface area contributed by atoms with Gasteiger partial charge in [-0.2, -0.15) is 6.92 Å². The first-order valence-electron chi connectivity index (χ1n) is 3.04. The molecule has 0 aromatic carbocycles. The van der Waals surface area contributed by atoms with Gasteiger partial charge in [-0.05, 0) is 13.1 Å². The summed E-state index contributed by atoms with van der Waals surface area (Å²) in [5, 5.41) is 7.31. The molecule has 1 rings (SSSR count). The molecule has 6 heteroatoms. The number of hydrogen-bond donors (Lipinski definition) is 1. The van der Waals surface area contributed by atoms with Gasteiger partial charge in [0.05, 0.1) is 0 Å². The number of halogens is 2. The van der Waals surface area contributed by atoms with Gasteiger partial charge in [-0.25, -0.2) is 0 Å². The molecule has 3 nitrogen and oxygen atoms in total. The average Bonchev–Trinajstić information content (AvgIpc) is 1.93. The molecule has 0 radical (unpaired) electrons. The third-order valence-electron chi connectivity index (χ3n) is 0.893. The van der Waals surface area contributed by atoms with E-state index in [9.17, 15) is 0 Å². The fraction of sp³-hybridized carbons (Fsp3) is 0.833. The summed E-state index contributed by atoms with van der Waals surface area (Å²) in [4.78, 5) is 8.68. The zero-order valence-corrected chi connectivity index (χ0v) is 10.2. The standard InChI is InChI=1S/C4H9N2.C2H3O.2ClH.Ti/c1-2-6-4-3-5-1;1-2-3;;;/h5H,1-4H2;1H3;2*1H;/q2*-1;;;+2. The Bertz CT molecular complexity index is 63.1. The normalized spacial score (nSPS) is 13.1. The minimum atomic E-state index is 0. The third kappa shape index (κ3) is 22.4. The molecular formula is C6H14Cl2N2OTi. The maximum Gasteiger partial charge on any atom is 2.00 e. The number of nitrogens with zero attached hydrogens (tertiary/aromatic N) is 1. The maximum atomic E-state index is 8.68. The van der Waals surface area contributed by atoms with Crippen LogP contribution < -0.4 is 5.32 Å². The molecule has 1 aliphatic rings. The van der Waals surface area contributed by atoms with Gasteiger partial charge in [0, 0.05) is 0 Å². The summed E-state index contributed by atoms with van der Waals surface area (Å²) in [5.74, 6) is 0. The smallest absolute Gasteiger partial charge is 0.660 e. The van der Waals surface area contributed by atoms with Crippen molar-refractivity contribution in [3.8, 4) is 0 Å². The summed E-state index contributed by atoms with van der Waals surface area (Å²) in [7, 11) is 0. The summed E-state index contributed by atoms with van der Waals surface area (Å²) in [6.45, 7) is 5.51. The molecule has 1 N–H and O–H groups in total. The molecule has 0 saturated carbocycles. The average molecular weight is 249 g/mol. The van der Waals surface area contributed by atoms with Crippen LogP contribution in [0.5, 0.6) is 0 Å². The van der Waals surface area contributed by atoms with Crippen molar-refractivity contribution in [1.82, 2.24) is 5.32 Å². The Morgan fingerprint density at radius 1 is 1.25 bits per heavy atom. The van der Waals surface area contributed by atoms with Crippen LogP contribution in [0.4, 0.5) is 0 Å². The van der Waals surface area contributed by atoms with Crippen LogP contribution in [0.3, 0.4) is 0 Å². The Labute approximate surface area is 101 Å². The number of carbonyl (C=O) groups excluding carboxylic acids is 1. The van der Waals surface area contributed by atoms with Gasteiger partial charge in [0.15, 0.2) is 0 Å². The van der Waals surface area contributed by atoms with Gasteiger partial charge in [0.1, 0.15) is 0 Å². The molecule has 0 spiro atoms. The van der Waals surface area contributed by atoms with E-state index >= 15 is 0 Å². The van der Waals surface area contributed by atoms with Crippen LogP contribution in [0.1, 0.15) is 6.92 Å². The first kappa shape index (κ1) is 23.1. The zero-order chi connectivity index (χ0) is 6.95. The van der Waals surface area contributed by atoms with E-state index in [0.29, 0.717) is 0 Å². The third-order valence-corrected chi connectivity index (χ3v) is 0.893. The van der Waals surface area contributed by atoms with Crippen LogP contribution in [-0.2, 0) is 26.5 Å². The molecule has 0 atom stereocenters. The first-order valence-corrected chi connectivity index (χ1v) is 3.04. The Balaban J connectivity index is -0.0000000489. The zero-order valence-electron chi connectivity index (χ0n) is 7.00. The fourth-order valence-corrected chi connectivity index (χ4v) is 0.553. The van der Waals surface area contributed by atoms with E-state index in [4.69, 9.17) is 4.79 Å². The Morgan fingerprint density at radius 3 is 1.67 bits per heavy atom. The largest absolute Gasteiger partial charge is 2.00 e. The van der Waals surface area contributed by atoms with Crippen LogP contribution in [0.25, 0.3) is 5.32 Å². The van der Waals surface area contributed by atoms with Crippen LogP contribution >= 0.6 is 24.8 Å². The predicted octanol–water partition coefficient (Wildman–Crippen LogP) is 0.920. The van der Waals surface area contributed by atoms with E-state index in [1.165, 1.54) is 13.2 Å². The van der Waals surface area contributed by atoms with Crippen LogP contribution in [0, 0.1) is 0 Å². The summed E-state index contributed by atoms with van der Waals surface area (Å²) < 4.78 is 0. The Hall–Kier alpha value is 0.884. The predicted molar refractivity (Wildman–Crippen MR) is 51.8 cm³/mol. The summed E-state index contributed by atoms with van der Waals surface area (Å²) >= 11 is 0. The van der Waals surface area contributed by atoms with Crippen molar-refractivity contribution in [1.29, 1.82) is 0 Å². The molecule has 0 unspecified atom stereocenters. The van der Waals surface area contributed by atoms with E-state index < -0.39 is 0 Å². The molecule has 12 heavy (non-hydrogen) atoms. The van der Waals surface area contributed by atoms with Gasteiger partial charge in [0.25, 0.3) is 0 Å². The van der Waals surface area contributed by atoms with Gasteiger partial charge in [0.2, 0.25) is 0 Å². The summed E-state index contributed by atoms with van der Waals surface area (Å²) in [5.41, 5.74) is 0. The summed E-state index contributed by atoms with van der Waals surface area (Å²) in [6, 6.07) is 0. The van der Waals surface area contributed by atoms with Crippen molar-refractivity contribution in [2.24, 2.45) is 0 Å². The molecule has 72 valence electrons. The molecule has 1 fully saturated rings. The van der Waals surface area contributed by atoms with E-state index in [1.807, 2.05) is 0 Å². The number of hydrogen-bond acceptors (Lipinski definition) is 2. The molecule has 1 aliphatic heterocycles. The van der Waals surface area contributed by atoms with Crippen molar-refractivity contribution < 1.29 is 26.5 Å². The first-order chi connectivity index (χ1) is 4.41. The van der Waals surface area contributed by atoms with Crippen LogP contribution in [0.15, 0.2) is 0 Å². The molecule has 1 saturated heterocycles. The monoisotopic (exact) mass is 248 g/mol. The molecule has 0 aliphatic carbocycles. The fourth-order valence-electron chi connectivity index (χ4n) is 0.553. The van der Waals surface area contributed by atoms with E-state index in [-0.39, 0.29) is 46.5 Å². The van der Waals surface area contributed by atoms with Gasteiger partial charge < -0.3 is 15.4 Å². The van der Waals surface area contributed by atoms with Crippen molar-refractivity contribution in [3.63, 3.8) is 0 Å². The van der Waals surface area contributed by atoms with E-state index in [2.05, 4.69) is 10.6 Å². The second kappa shape index (κ2) is 22.6. The second-order valence-corrected chi connectivity index (χ2v) is 1.62. The topological polar surface area (TPSA) is 43.2 Å². The molecule has 1 heterocycles. The van der Waals surface area contributed by atoms with Crippen molar-refractivity contribution in [2.45, 2.75) is 6.92 Å². The Kier molecular flexibility index (Phi) is 43.5. The number of piperazine rings is 1. The van der Waals surface area contributed by atoms with Gasteiger partial charge in [-0.15, -0.1) is 37.9 Å². The van der Waals surface area contributed by atoms with Crippen LogP contribution in [0.2, 0.25) is 0 Å². The maximum absolute atomic E-state index is 8.68. The van der Waals surface area contributed by atoms with Gasteiger partial charge >= 0.3 is 21.7 Å². The quantitative estimate of drug-likeness (QED) is 0.512. The Morgan fingerprint density at radius 2 is 1.58 bits per heavy atom. The SMILES string of the molecule is C1CNCC[N-]1.C[C-]=O.Cl.Cl.[Ti+2]. The molecule has 0 bridgehead atoms. The van der Waals surface area contributed by atoms with E-state index in [1.54, 1.807) is 0 Å². The minimum Gasteiger partial charge on any atom is -0.660 e. The van der Waals surface area contributed by atoms with Crippen LogP contribution in [-0.4, -0.2) is 32.5 Å². The van der Waals surface area contributed by atoms with Gasteiger partial charge in [-0.1, -0.05) is 0 Å². The van der Waals surface area contributed by atoms with Crippen molar-refractivity contribution >= 4 is 31.1 Å². The molecule has 0 aromatic heterocycles. The van der Waals surface area contributed by atoms with Crippen molar-refractivity contribution in [3.05, 3.63) is 5.32 Å². The number of rotatable bonds is 0. The summed E-state index contributed by atoms with van der Waals surface area (Å²) in [6.07, 6.45) is 1.50. The second-order valence-electron chi connectivity index (χ2n) is 1.62. The minimum absolute atomic E-state index is 0. The van der Waals surface area contributed by atoms with E-state index in [0.717, 1.165) is 26.2 Å². The van der Waals surface area contributed by atoms with Gasteiger partial charge in [-0.3, -0.25) is 6.29 Å².